The van der Waals surface area contributed by atoms with Gasteiger partial charge in [0.15, 0.2) is 0 Å². The van der Waals surface area contributed by atoms with Gasteiger partial charge in [-0.2, -0.15) is 0 Å². The van der Waals surface area contributed by atoms with Crippen molar-refractivity contribution < 1.29 is 52.2 Å². The number of hydrogen-bond acceptors (Lipinski definition) is 16. The highest BCUT2D eigenvalue weighted by atomic mass is 79.9. The fraction of sp³-hybridized carbons (Fsp3) is 0.508. The summed E-state index contributed by atoms with van der Waals surface area (Å²) < 4.78 is 40.2. The van der Waals surface area contributed by atoms with E-state index in [4.69, 9.17) is 44.6 Å². The lowest BCUT2D eigenvalue weighted by Crippen LogP contribution is -2.41. The van der Waals surface area contributed by atoms with Crippen molar-refractivity contribution in [3.8, 4) is 0 Å². The van der Waals surface area contributed by atoms with E-state index in [1.165, 1.54) is 18.5 Å². The predicted molar refractivity (Wildman–Crippen MR) is 363 cm³/mol. The van der Waals surface area contributed by atoms with Gasteiger partial charge in [-0.1, -0.05) is 19.9 Å². The van der Waals surface area contributed by atoms with Crippen molar-refractivity contribution in [2.45, 2.75) is 158 Å². The van der Waals surface area contributed by atoms with Crippen LogP contribution >= 0.6 is 91.3 Å². The molecule has 2 N–H and O–H groups in total. The van der Waals surface area contributed by atoms with E-state index in [1.54, 1.807) is 58.7 Å². The van der Waals surface area contributed by atoms with Crippen LogP contribution in [0.25, 0.3) is 0 Å². The molecule has 0 spiro atoms. The summed E-state index contributed by atoms with van der Waals surface area (Å²) in [6, 6.07) is 17.3. The van der Waals surface area contributed by atoms with Gasteiger partial charge in [0.05, 0.1) is 33.6 Å². The normalized spacial score (nSPS) is 16.6. The van der Waals surface area contributed by atoms with Crippen molar-refractivity contribution in [3.05, 3.63) is 137 Å². The van der Waals surface area contributed by atoms with E-state index < -0.39 is 32.3 Å². The SMILES string of the molecule is Brc1ccc(Br)nc1.CC1(C)OB(B2OC(C)(C)C(C)(C)O2)OC1(C)C.CCN(CC)C(=O)c1ccc(B2OC(C)(C)C(C)(C)O2)cn1.CCN(CC)C(=O)c1ccc(Br)cn1.CCNCC.O=C(Cl)c1ccc(Br)cn1.O=C(O)c1ccc(Br)cn1. The molecule has 476 valence electrons. The molecule has 0 saturated carbocycles. The van der Waals surface area contributed by atoms with Gasteiger partial charge >= 0.3 is 27.1 Å². The number of carboxylic acid groups (broad SMARTS) is 1. The average Bonchev–Trinajstić information content (AvgIpc) is 1.64. The maximum Gasteiger partial charge on any atom is 0.496 e. The molecule has 0 radical (unpaired) electrons. The monoisotopic (exact) mass is 1540 g/mol. The standard InChI is InChI=1S/C16H25BN2O3.C12H24B2O4.C10H13BrN2O.C6H3BrClNO.C6H4BrNO2.C5H3Br2N.C4H11N/c1-7-19(8-2)14(20)13-10-9-12(11-18-13)17-21-15(3,4)16(5,6)22-17;1-9(2)10(3,4)16-13(15-9)14-17-11(5,6)12(7,8)18-14;1-3-13(4-2)10(14)9-6-5-8(11)7-12-9;7-4-1-2-5(6(8)10)9-3-4;7-4-1-2-5(6(9)10)8-3-4;6-4-1-2-5(7)8-3-4;1-3-5-4-2/h9-11H,7-8H2,1-6H3;1-8H3;5-7H,3-4H2,1-2H3;1-3H;1-3H,(H,9,10);1-3H;5H,3-4H2,1-2H3. The van der Waals surface area contributed by atoms with Gasteiger partial charge in [0.25, 0.3) is 17.1 Å². The number of aromatic carboxylic acids is 1. The second-order valence-corrected chi connectivity index (χ2v) is 27.0. The molecule has 0 bridgehead atoms. The second kappa shape index (κ2) is 36.5. The van der Waals surface area contributed by atoms with Crippen LogP contribution < -0.4 is 10.8 Å². The molecule has 87 heavy (non-hydrogen) atoms. The molecule has 3 aliphatic heterocycles. The summed E-state index contributed by atoms with van der Waals surface area (Å²) in [7, 11) is -1.40. The summed E-state index contributed by atoms with van der Waals surface area (Å²) in [5, 5.41) is 11.0. The second-order valence-electron chi connectivity index (χ2n) is 22.2. The molecule has 8 heterocycles. The number of hydrogen-bond donors (Lipinski definition) is 2. The predicted octanol–water partition coefficient (Wildman–Crippen LogP) is 13.4. The van der Waals surface area contributed by atoms with Gasteiger partial charge in [-0.25, -0.2) is 19.7 Å². The number of halogens is 6. The molecule has 5 aromatic heterocycles. The maximum atomic E-state index is 12.2. The minimum atomic E-state index is -1.01. The molecule has 0 aliphatic carbocycles. The number of nitrogens with zero attached hydrogens (tertiary/aromatic N) is 7. The summed E-state index contributed by atoms with van der Waals surface area (Å²) in [5.41, 5.74) is -0.102. The van der Waals surface area contributed by atoms with Crippen LogP contribution in [0.1, 0.15) is 167 Å². The van der Waals surface area contributed by atoms with Gasteiger partial charge < -0.3 is 48.1 Å². The highest BCUT2D eigenvalue weighted by molar-refractivity contribution is 9.11. The molecule has 0 unspecified atom stereocenters. The number of aromatic nitrogens is 5. The Bertz CT molecular complexity index is 2760. The third kappa shape index (κ3) is 25.2. The molecule has 5 aromatic rings. The Morgan fingerprint density at radius 2 is 0.747 bits per heavy atom. The molecular formula is C59H83B3Br5ClN8O11. The first-order valence-corrected chi connectivity index (χ1v) is 32.6. The van der Waals surface area contributed by atoms with Gasteiger partial charge in [0.1, 0.15) is 27.4 Å². The van der Waals surface area contributed by atoms with E-state index in [-0.39, 0.29) is 56.8 Å². The van der Waals surface area contributed by atoms with Gasteiger partial charge in [0, 0.05) is 80.5 Å². The minimum Gasteiger partial charge on any atom is -0.477 e. The molecule has 28 heteroatoms. The number of rotatable bonds is 12. The van der Waals surface area contributed by atoms with E-state index in [0.717, 1.165) is 41.0 Å². The fourth-order valence-corrected chi connectivity index (χ4v) is 8.38. The molecule has 0 atom stereocenters. The molecule has 8 rings (SSSR count). The summed E-state index contributed by atoms with van der Waals surface area (Å²) in [5.74, 6) is -1.07. The maximum absolute atomic E-state index is 12.2. The molecule has 2 amide bonds. The van der Waals surface area contributed by atoms with Gasteiger partial charge in [-0.05, 0) is 270 Å². The highest BCUT2D eigenvalue weighted by Crippen LogP contribution is 2.43. The Morgan fingerprint density at radius 1 is 0.448 bits per heavy atom. The van der Waals surface area contributed by atoms with Gasteiger partial charge in [0.2, 0.25) is 0 Å². The molecule has 3 aliphatic rings. The molecular weight excluding hydrogens is 1460 g/mol. The fourth-order valence-electron chi connectivity index (χ4n) is 7.10. The van der Waals surface area contributed by atoms with Crippen molar-refractivity contribution >= 4 is 141 Å². The van der Waals surface area contributed by atoms with Crippen LogP contribution in [0.4, 0.5) is 0 Å². The first-order valence-electron chi connectivity index (χ1n) is 28.3. The van der Waals surface area contributed by atoms with Crippen LogP contribution in [0.3, 0.4) is 0 Å². The van der Waals surface area contributed by atoms with Crippen molar-refractivity contribution in [2.75, 3.05) is 39.3 Å². The van der Waals surface area contributed by atoms with Crippen molar-refractivity contribution in [3.63, 3.8) is 0 Å². The van der Waals surface area contributed by atoms with Gasteiger partial charge in [-0.15, -0.1) is 0 Å². The van der Waals surface area contributed by atoms with E-state index in [1.807, 2.05) is 135 Å². The highest BCUT2D eigenvalue weighted by Gasteiger charge is 2.63. The molecule has 0 aromatic carbocycles. The van der Waals surface area contributed by atoms with Crippen LogP contribution in [-0.2, 0) is 27.9 Å². The number of amides is 2. The zero-order valence-corrected chi connectivity index (χ0v) is 61.7. The Labute approximate surface area is 563 Å². The molecule has 3 fully saturated rings. The number of carboxylic acids is 1. The number of carbonyl (C=O) groups is 4. The van der Waals surface area contributed by atoms with E-state index in [9.17, 15) is 19.2 Å². The van der Waals surface area contributed by atoms with Crippen LogP contribution in [-0.4, -0.2) is 157 Å². The van der Waals surface area contributed by atoms with E-state index in [0.29, 0.717) is 37.6 Å². The summed E-state index contributed by atoms with van der Waals surface area (Å²) in [6.07, 6.45) is 8.01. The topological polar surface area (TPSA) is 227 Å². The number of carbonyl (C=O) groups excluding carboxylic acids is 3. The lowest BCUT2D eigenvalue weighted by Gasteiger charge is -2.32. The smallest absolute Gasteiger partial charge is 0.477 e. The summed E-state index contributed by atoms with van der Waals surface area (Å²) in [4.78, 5) is 67.9. The number of pyridine rings is 5. The lowest BCUT2D eigenvalue weighted by molar-refractivity contribution is 0.00578. The van der Waals surface area contributed by atoms with Crippen LogP contribution in [0.2, 0.25) is 0 Å². The minimum absolute atomic E-state index is 0.0116. The largest absolute Gasteiger partial charge is 0.496 e. The zero-order chi connectivity index (χ0) is 66.3. The lowest BCUT2D eigenvalue weighted by atomic mass is 9.49. The first kappa shape index (κ1) is 79.5. The van der Waals surface area contributed by atoms with Crippen molar-refractivity contribution in [2.24, 2.45) is 0 Å². The molecule has 19 nitrogen and oxygen atoms in total. The third-order valence-electron chi connectivity index (χ3n) is 14.4. The Hall–Kier alpha value is -3.57. The Balaban J connectivity index is 0.000000361. The Morgan fingerprint density at radius 3 is 0.989 bits per heavy atom. The average molecular weight is 1550 g/mol. The van der Waals surface area contributed by atoms with E-state index in [2.05, 4.69) is 124 Å². The van der Waals surface area contributed by atoms with Crippen molar-refractivity contribution in [1.82, 2.24) is 40.0 Å². The van der Waals surface area contributed by atoms with Gasteiger partial charge in [-0.3, -0.25) is 24.4 Å². The Kier molecular flexibility index (Phi) is 33.3. The summed E-state index contributed by atoms with van der Waals surface area (Å²) in [6.45, 7) is 41.3. The van der Waals surface area contributed by atoms with Crippen LogP contribution in [0.15, 0.2) is 114 Å². The van der Waals surface area contributed by atoms with Crippen LogP contribution in [0.5, 0.6) is 0 Å². The van der Waals surface area contributed by atoms with E-state index >= 15 is 0 Å². The molecule has 3 saturated heterocycles. The quantitative estimate of drug-likeness (QED) is 0.0672. The number of nitrogens with one attached hydrogen (secondary N) is 1. The van der Waals surface area contributed by atoms with Crippen LogP contribution in [0, 0.1) is 0 Å². The third-order valence-corrected chi connectivity index (χ3v) is 16.9. The van der Waals surface area contributed by atoms with Crippen molar-refractivity contribution in [1.29, 1.82) is 0 Å². The first-order chi connectivity index (χ1) is 40.4. The zero-order valence-electron chi connectivity index (χ0n) is 53.1. The summed E-state index contributed by atoms with van der Waals surface area (Å²) >= 11 is 21.2.